The zero-order valence-electron chi connectivity index (χ0n) is 20.3. The van der Waals surface area contributed by atoms with Gasteiger partial charge < -0.3 is 10.6 Å². The van der Waals surface area contributed by atoms with Crippen LogP contribution in [0.25, 0.3) is 0 Å². The average molecular weight is 566 g/mol. The molecule has 1 aliphatic heterocycles. The number of hydrogen-bond donors (Lipinski definition) is 2. The molecule has 1 aliphatic rings. The van der Waals surface area contributed by atoms with Crippen LogP contribution in [0.5, 0.6) is 0 Å². The lowest BCUT2D eigenvalue weighted by atomic mass is 10.1. The number of benzene rings is 3. The first-order valence-electron chi connectivity index (χ1n) is 11.4. The van der Waals surface area contributed by atoms with Crippen molar-refractivity contribution in [1.82, 2.24) is 5.32 Å². The number of fused-ring (bicyclic) bond motifs is 1. The number of carbonyl (C=O) groups is 2. The summed E-state index contributed by atoms with van der Waals surface area (Å²) in [6, 6.07) is 12.1. The number of nitrogens with one attached hydrogen (secondary N) is 2. The Labute approximate surface area is 222 Å². The van der Waals surface area contributed by atoms with Gasteiger partial charge >= 0.3 is 6.18 Å². The minimum Gasteiger partial charge on any atom is -0.352 e. The predicted molar refractivity (Wildman–Crippen MR) is 137 cm³/mol. The molecule has 200 valence electrons. The number of rotatable bonds is 6. The lowest BCUT2D eigenvalue weighted by Crippen LogP contribution is -2.52. The minimum atomic E-state index is -4.48. The number of sulfonamides is 1. The van der Waals surface area contributed by atoms with Gasteiger partial charge in [-0.25, -0.2) is 8.42 Å². The fourth-order valence-electron chi connectivity index (χ4n) is 4.13. The molecule has 1 atom stereocenters. The third-order valence-corrected chi connectivity index (χ3v) is 8.50. The minimum absolute atomic E-state index is 0.0564. The van der Waals surface area contributed by atoms with Crippen molar-refractivity contribution in [3.8, 4) is 0 Å². The van der Waals surface area contributed by atoms with Gasteiger partial charge in [-0.1, -0.05) is 35.9 Å². The Morgan fingerprint density at radius 3 is 2.37 bits per heavy atom. The van der Waals surface area contributed by atoms with E-state index in [2.05, 4.69) is 10.6 Å². The Balaban J connectivity index is 1.62. The molecule has 1 unspecified atom stereocenters. The normalized spacial score (nSPS) is 15.6. The van der Waals surface area contributed by atoms with Crippen LogP contribution in [-0.4, -0.2) is 26.3 Å². The highest BCUT2D eigenvalue weighted by atomic mass is 35.5. The molecule has 1 heterocycles. The molecule has 0 fully saturated rings. The van der Waals surface area contributed by atoms with Gasteiger partial charge in [-0.3, -0.25) is 13.9 Å². The van der Waals surface area contributed by atoms with Crippen LogP contribution in [0.15, 0.2) is 65.6 Å². The number of carbonyl (C=O) groups excluding carboxylic acids is 2. The largest absolute Gasteiger partial charge is 0.416 e. The number of amides is 2. The highest BCUT2D eigenvalue weighted by molar-refractivity contribution is 7.93. The van der Waals surface area contributed by atoms with Gasteiger partial charge in [0.1, 0.15) is 6.04 Å². The van der Waals surface area contributed by atoms with Crippen LogP contribution in [-0.2, 0) is 32.3 Å². The predicted octanol–water partition coefficient (Wildman–Crippen LogP) is 5.20. The Bertz CT molecular complexity index is 1510. The molecular formula is C26H23ClF3N3O4S. The molecule has 0 radical (unpaired) electrons. The molecular weight excluding hydrogens is 543 g/mol. The van der Waals surface area contributed by atoms with Gasteiger partial charge in [0.15, 0.2) is 0 Å². The van der Waals surface area contributed by atoms with Crippen molar-refractivity contribution in [3.05, 3.63) is 87.9 Å². The van der Waals surface area contributed by atoms with Crippen molar-refractivity contribution >= 4 is 44.8 Å². The van der Waals surface area contributed by atoms with Gasteiger partial charge in [0.05, 0.1) is 28.3 Å². The summed E-state index contributed by atoms with van der Waals surface area (Å²) in [5.74, 6) is -1.35. The second kappa shape index (κ2) is 10.3. The third kappa shape index (κ3) is 5.48. The summed E-state index contributed by atoms with van der Waals surface area (Å²) in [5, 5.41) is 5.58. The van der Waals surface area contributed by atoms with Crippen LogP contribution < -0.4 is 14.9 Å². The van der Waals surface area contributed by atoms with Crippen molar-refractivity contribution in [2.24, 2.45) is 0 Å². The zero-order chi connectivity index (χ0) is 27.8. The van der Waals surface area contributed by atoms with E-state index in [4.69, 9.17) is 11.6 Å². The van der Waals surface area contributed by atoms with Gasteiger partial charge in [-0.15, -0.1) is 0 Å². The second-order valence-electron chi connectivity index (χ2n) is 8.87. The van der Waals surface area contributed by atoms with Crippen molar-refractivity contribution < 1.29 is 31.2 Å². The number of nitrogens with zero attached hydrogens (tertiary/aromatic N) is 1. The summed E-state index contributed by atoms with van der Waals surface area (Å²) < 4.78 is 67.2. The zero-order valence-corrected chi connectivity index (χ0v) is 21.8. The number of hydrogen-bond acceptors (Lipinski definition) is 4. The summed E-state index contributed by atoms with van der Waals surface area (Å²) in [4.78, 5) is 25.8. The molecule has 7 nitrogen and oxygen atoms in total. The number of halogens is 4. The van der Waals surface area contributed by atoms with Crippen LogP contribution >= 0.6 is 11.6 Å². The molecule has 0 saturated carbocycles. The van der Waals surface area contributed by atoms with Gasteiger partial charge in [-0.2, -0.15) is 13.2 Å². The van der Waals surface area contributed by atoms with Crippen LogP contribution in [0.1, 0.15) is 28.7 Å². The monoisotopic (exact) mass is 565 g/mol. The molecule has 12 heteroatoms. The fraction of sp³-hybridized carbons (Fsp3) is 0.231. The molecule has 0 bridgehead atoms. The smallest absolute Gasteiger partial charge is 0.352 e. The standard InChI is InChI=1S/C26H23ClF3N3O4S/c1-15-12-23(16(2)11-19(15)27)38(36,37)33-21-6-4-3-5-20(21)32-25(35)22(33)13-24(34)31-14-17-7-9-18(10-8-17)26(28,29)30/h3-12,22H,13-14H2,1-2H3,(H,31,34)(H,32,35). The van der Waals surface area contributed by atoms with E-state index in [1.54, 1.807) is 32.0 Å². The van der Waals surface area contributed by atoms with E-state index < -0.39 is 46.0 Å². The van der Waals surface area contributed by atoms with Gasteiger partial charge in [0.2, 0.25) is 11.8 Å². The first-order chi connectivity index (χ1) is 17.8. The number of anilines is 2. The van der Waals surface area contributed by atoms with Crippen molar-refractivity contribution in [1.29, 1.82) is 0 Å². The summed E-state index contributed by atoms with van der Waals surface area (Å²) in [5.41, 5.74) is 0.941. The van der Waals surface area contributed by atoms with E-state index in [-0.39, 0.29) is 22.8 Å². The molecule has 0 spiro atoms. The summed E-state index contributed by atoms with van der Waals surface area (Å²) >= 11 is 6.16. The van der Waals surface area contributed by atoms with Crippen molar-refractivity contribution in [3.63, 3.8) is 0 Å². The van der Waals surface area contributed by atoms with Crippen LogP contribution in [0.2, 0.25) is 5.02 Å². The maximum absolute atomic E-state index is 13.9. The molecule has 38 heavy (non-hydrogen) atoms. The fourth-order valence-corrected chi connectivity index (χ4v) is 6.28. The lowest BCUT2D eigenvalue weighted by molar-refractivity contribution is -0.137. The van der Waals surface area contributed by atoms with Crippen LogP contribution in [0.3, 0.4) is 0 Å². The van der Waals surface area contributed by atoms with Crippen molar-refractivity contribution in [2.45, 2.75) is 43.9 Å². The first kappa shape index (κ1) is 27.5. The van der Waals surface area contributed by atoms with Crippen molar-refractivity contribution in [2.75, 3.05) is 9.62 Å². The molecule has 0 aliphatic carbocycles. The van der Waals surface area contributed by atoms with E-state index in [0.717, 1.165) is 16.4 Å². The molecule has 3 aromatic carbocycles. The molecule has 3 aromatic rings. The maximum Gasteiger partial charge on any atom is 0.416 e. The SMILES string of the molecule is Cc1cc(S(=O)(=O)N2c3ccccc3NC(=O)C2CC(=O)NCc2ccc(C(F)(F)F)cc2)c(C)cc1Cl. The van der Waals surface area contributed by atoms with Crippen LogP contribution in [0, 0.1) is 13.8 Å². The van der Waals surface area contributed by atoms with Gasteiger partial charge in [-0.05, 0) is 66.9 Å². The second-order valence-corrected chi connectivity index (χ2v) is 11.1. The van der Waals surface area contributed by atoms with E-state index in [0.29, 0.717) is 21.7 Å². The van der Waals surface area contributed by atoms with Gasteiger partial charge in [0, 0.05) is 11.6 Å². The highest BCUT2D eigenvalue weighted by Gasteiger charge is 2.42. The Hall–Kier alpha value is -3.57. The topological polar surface area (TPSA) is 95.6 Å². The maximum atomic E-state index is 13.9. The molecule has 0 saturated heterocycles. The number of para-hydroxylation sites is 2. The summed E-state index contributed by atoms with van der Waals surface area (Å²) in [6.45, 7) is 3.13. The molecule has 2 amide bonds. The number of aryl methyl sites for hydroxylation is 2. The first-order valence-corrected chi connectivity index (χ1v) is 13.2. The molecule has 4 rings (SSSR count). The Kier molecular flexibility index (Phi) is 7.44. The van der Waals surface area contributed by atoms with Gasteiger partial charge in [0.25, 0.3) is 10.0 Å². The number of alkyl halides is 3. The van der Waals surface area contributed by atoms with E-state index in [1.165, 1.54) is 30.3 Å². The average Bonchev–Trinajstić information content (AvgIpc) is 2.84. The molecule has 2 N–H and O–H groups in total. The highest BCUT2D eigenvalue weighted by Crippen LogP contribution is 2.38. The third-order valence-electron chi connectivity index (χ3n) is 6.13. The Morgan fingerprint density at radius 2 is 1.71 bits per heavy atom. The summed E-state index contributed by atoms with van der Waals surface area (Å²) in [7, 11) is -4.33. The summed E-state index contributed by atoms with van der Waals surface area (Å²) in [6.07, 6.45) is -5.01. The van der Waals surface area contributed by atoms with E-state index in [9.17, 15) is 31.2 Å². The molecule has 0 aromatic heterocycles. The van der Waals surface area contributed by atoms with E-state index >= 15 is 0 Å². The van der Waals surface area contributed by atoms with E-state index in [1.807, 2.05) is 0 Å². The quantitative estimate of drug-likeness (QED) is 0.429. The van der Waals surface area contributed by atoms with Crippen LogP contribution in [0.4, 0.5) is 24.5 Å². The lowest BCUT2D eigenvalue weighted by Gasteiger charge is -2.37. The Morgan fingerprint density at radius 1 is 1.05 bits per heavy atom.